The molecule has 1 aliphatic heterocycles. The number of nitrogens with two attached hydrogens (primary N) is 1. The molecule has 2 rings (SSSR count). The highest BCUT2D eigenvalue weighted by molar-refractivity contribution is 5.94. The van der Waals surface area contributed by atoms with Crippen LogP contribution in [0, 0.1) is 5.41 Å². The monoisotopic (exact) mass is 277 g/mol. The quantitative estimate of drug-likeness (QED) is 0.919. The smallest absolute Gasteiger partial charge is 0.270 e. The third-order valence-corrected chi connectivity index (χ3v) is 4.71. The molecule has 1 amide bonds. The number of rotatable bonds is 4. The van der Waals surface area contributed by atoms with Gasteiger partial charge >= 0.3 is 0 Å². The molecule has 2 heterocycles. The Morgan fingerprint density at radius 1 is 1.35 bits per heavy atom. The van der Waals surface area contributed by atoms with Gasteiger partial charge in [0.05, 0.1) is 5.69 Å². The zero-order valence-electron chi connectivity index (χ0n) is 13.0. The maximum Gasteiger partial charge on any atom is 0.270 e. The van der Waals surface area contributed by atoms with Gasteiger partial charge < -0.3 is 15.2 Å². The first-order valence-electron chi connectivity index (χ1n) is 7.74. The topological polar surface area (TPSA) is 51.3 Å². The van der Waals surface area contributed by atoms with Gasteiger partial charge in [-0.15, -0.1) is 0 Å². The molecule has 1 aromatic rings. The zero-order chi connectivity index (χ0) is 14.8. The second kappa shape index (κ2) is 5.90. The first-order chi connectivity index (χ1) is 9.49. The molecule has 20 heavy (non-hydrogen) atoms. The summed E-state index contributed by atoms with van der Waals surface area (Å²) in [5.74, 6) is 0.133. The lowest BCUT2D eigenvalue weighted by Crippen LogP contribution is -2.42. The van der Waals surface area contributed by atoms with Crippen molar-refractivity contribution in [3.05, 3.63) is 18.0 Å². The lowest BCUT2D eigenvalue weighted by molar-refractivity contribution is 0.0590. The predicted octanol–water partition coefficient (Wildman–Crippen LogP) is 3.13. The Balaban J connectivity index is 2.09. The van der Waals surface area contributed by atoms with Crippen LogP contribution >= 0.6 is 0 Å². The number of likely N-dealkylation sites (tertiary alicyclic amines) is 1. The molecule has 0 bridgehead atoms. The fraction of sp³-hybridized carbons (Fsp3) is 0.688. The van der Waals surface area contributed by atoms with Gasteiger partial charge in [0.1, 0.15) is 5.69 Å². The molecular weight excluding hydrogens is 250 g/mol. The number of nitrogens with zero attached hydrogens (tertiary/aromatic N) is 2. The Hall–Kier alpha value is -1.45. The molecule has 0 unspecified atom stereocenters. The van der Waals surface area contributed by atoms with E-state index in [1.54, 1.807) is 0 Å². The Kier molecular flexibility index (Phi) is 4.41. The maximum atomic E-state index is 12.7. The van der Waals surface area contributed by atoms with E-state index >= 15 is 0 Å². The summed E-state index contributed by atoms with van der Waals surface area (Å²) in [7, 11) is 0. The van der Waals surface area contributed by atoms with Crippen molar-refractivity contribution in [2.45, 2.75) is 53.0 Å². The van der Waals surface area contributed by atoms with Crippen molar-refractivity contribution in [1.29, 1.82) is 0 Å². The molecule has 112 valence electrons. The molecular formula is C16H27N3O. The Bertz CT molecular complexity index is 470. The number of nitrogen functional groups attached to an aromatic ring is 1. The van der Waals surface area contributed by atoms with Gasteiger partial charge in [-0.05, 0) is 30.7 Å². The molecule has 1 saturated heterocycles. The molecule has 0 radical (unpaired) electrons. The number of carbonyl (C=O) groups is 1. The Morgan fingerprint density at radius 2 is 2.00 bits per heavy atom. The number of aryl methyl sites for hydroxylation is 1. The van der Waals surface area contributed by atoms with Gasteiger partial charge in [0.2, 0.25) is 0 Å². The van der Waals surface area contributed by atoms with Crippen LogP contribution in [0.3, 0.4) is 0 Å². The second-order valence-electron chi connectivity index (χ2n) is 6.31. The van der Waals surface area contributed by atoms with Gasteiger partial charge in [-0.3, -0.25) is 4.79 Å². The molecule has 1 aliphatic rings. The van der Waals surface area contributed by atoms with E-state index in [1.165, 1.54) is 6.42 Å². The van der Waals surface area contributed by atoms with Gasteiger partial charge in [-0.1, -0.05) is 27.2 Å². The molecule has 1 aromatic heterocycles. The number of hydrogen-bond donors (Lipinski definition) is 1. The highest BCUT2D eigenvalue weighted by Gasteiger charge is 2.31. The number of amides is 1. The number of piperidine rings is 1. The van der Waals surface area contributed by atoms with Crippen molar-refractivity contribution < 1.29 is 4.79 Å². The average molecular weight is 277 g/mol. The van der Waals surface area contributed by atoms with Crippen LogP contribution in [-0.2, 0) is 6.54 Å². The zero-order valence-corrected chi connectivity index (χ0v) is 13.0. The Morgan fingerprint density at radius 3 is 2.55 bits per heavy atom. The highest BCUT2D eigenvalue weighted by Crippen LogP contribution is 2.34. The van der Waals surface area contributed by atoms with Crippen LogP contribution in [0.4, 0.5) is 5.69 Å². The summed E-state index contributed by atoms with van der Waals surface area (Å²) in [5, 5.41) is 0. The minimum atomic E-state index is 0.133. The van der Waals surface area contributed by atoms with Crippen LogP contribution < -0.4 is 5.73 Å². The highest BCUT2D eigenvalue weighted by atomic mass is 16.2. The van der Waals surface area contributed by atoms with Crippen molar-refractivity contribution in [1.82, 2.24) is 9.47 Å². The SMILES string of the molecule is CCCn1cc(N)cc1C(=O)N1CCC(C)(CC)CC1. The largest absolute Gasteiger partial charge is 0.397 e. The predicted molar refractivity (Wildman–Crippen MR) is 82.7 cm³/mol. The molecule has 0 aliphatic carbocycles. The van der Waals surface area contributed by atoms with E-state index in [4.69, 9.17) is 5.73 Å². The maximum absolute atomic E-state index is 12.7. The number of hydrogen-bond acceptors (Lipinski definition) is 2. The van der Waals surface area contributed by atoms with Crippen molar-refractivity contribution in [3.8, 4) is 0 Å². The van der Waals surface area contributed by atoms with E-state index in [0.29, 0.717) is 11.1 Å². The first kappa shape index (κ1) is 14.9. The van der Waals surface area contributed by atoms with Crippen LogP contribution in [-0.4, -0.2) is 28.5 Å². The summed E-state index contributed by atoms with van der Waals surface area (Å²) in [5.41, 5.74) is 7.67. The normalized spacial score (nSPS) is 18.2. The minimum absolute atomic E-state index is 0.133. The summed E-state index contributed by atoms with van der Waals surface area (Å²) in [4.78, 5) is 14.6. The van der Waals surface area contributed by atoms with Crippen LogP contribution in [0.15, 0.2) is 12.3 Å². The summed E-state index contributed by atoms with van der Waals surface area (Å²) >= 11 is 0. The summed E-state index contributed by atoms with van der Waals surface area (Å²) in [6, 6.07) is 1.81. The van der Waals surface area contributed by atoms with Crippen molar-refractivity contribution in [2.24, 2.45) is 5.41 Å². The number of carbonyl (C=O) groups excluding carboxylic acids is 1. The second-order valence-corrected chi connectivity index (χ2v) is 6.31. The fourth-order valence-electron chi connectivity index (χ4n) is 2.90. The van der Waals surface area contributed by atoms with Crippen molar-refractivity contribution in [2.75, 3.05) is 18.8 Å². The molecule has 2 N–H and O–H groups in total. The van der Waals surface area contributed by atoms with E-state index in [1.807, 2.05) is 21.7 Å². The van der Waals surface area contributed by atoms with E-state index in [2.05, 4.69) is 20.8 Å². The Labute approximate surface area is 121 Å². The summed E-state index contributed by atoms with van der Waals surface area (Å²) in [6.07, 6.45) is 6.26. The molecule has 4 nitrogen and oxygen atoms in total. The molecule has 0 atom stereocenters. The molecule has 4 heteroatoms. The van der Waals surface area contributed by atoms with Gasteiger partial charge in [0.15, 0.2) is 0 Å². The lowest BCUT2D eigenvalue weighted by Gasteiger charge is -2.39. The molecule has 0 aromatic carbocycles. The number of anilines is 1. The van der Waals surface area contributed by atoms with E-state index in [0.717, 1.165) is 44.6 Å². The van der Waals surface area contributed by atoms with Gasteiger partial charge in [0, 0.05) is 25.8 Å². The van der Waals surface area contributed by atoms with Crippen molar-refractivity contribution in [3.63, 3.8) is 0 Å². The number of aromatic nitrogens is 1. The fourth-order valence-corrected chi connectivity index (χ4v) is 2.90. The third kappa shape index (κ3) is 3.00. The summed E-state index contributed by atoms with van der Waals surface area (Å²) < 4.78 is 1.99. The minimum Gasteiger partial charge on any atom is -0.397 e. The van der Waals surface area contributed by atoms with E-state index < -0.39 is 0 Å². The van der Waals surface area contributed by atoms with Gasteiger partial charge in [-0.25, -0.2) is 0 Å². The van der Waals surface area contributed by atoms with Crippen LogP contribution in [0.5, 0.6) is 0 Å². The lowest BCUT2D eigenvalue weighted by atomic mass is 9.78. The molecule has 0 saturated carbocycles. The van der Waals surface area contributed by atoms with Crippen LogP contribution in [0.1, 0.15) is 56.9 Å². The van der Waals surface area contributed by atoms with E-state index in [-0.39, 0.29) is 5.91 Å². The van der Waals surface area contributed by atoms with Crippen LogP contribution in [0.2, 0.25) is 0 Å². The standard InChI is InChI=1S/C16H27N3O/c1-4-8-19-12-13(17)11-14(19)15(20)18-9-6-16(3,5-2)7-10-18/h11-12H,4-10,17H2,1-3H3. The average Bonchev–Trinajstić information content (AvgIpc) is 2.80. The van der Waals surface area contributed by atoms with Crippen LogP contribution in [0.25, 0.3) is 0 Å². The van der Waals surface area contributed by atoms with Gasteiger partial charge in [0.25, 0.3) is 5.91 Å². The van der Waals surface area contributed by atoms with Crippen molar-refractivity contribution >= 4 is 11.6 Å². The third-order valence-electron chi connectivity index (χ3n) is 4.71. The van der Waals surface area contributed by atoms with E-state index in [9.17, 15) is 4.79 Å². The summed E-state index contributed by atoms with van der Waals surface area (Å²) in [6.45, 7) is 9.24. The molecule has 0 spiro atoms. The van der Waals surface area contributed by atoms with Gasteiger partial charge in [-0.2, -0.15) is 0 Å². The first-order valence-corrected chi connectivity index (χ1v) is 7.74. The molecule has 1 fully saturated rings.